The molecule has 2 fully saturated rings. The summed E-state index contributed by atoms with van der Waals surface area (Å²) in [5.41, 5.74) is 0. The molecule has 5 nitrogen and oxygen atoms in total. The zero-order chi connectivity index (χ0) is 14.0. The van der Waals surface area contributed by atoms with E-state index < -0.39 is 11.9 Å². The van der Waals surface area contributed by atoms with Crippen LogP contribution in [0.25, 0.3) is 0 Å². The van der Waals surface area contributed by atoms with Crippen molar-refractivity contribution in [3.05, 3.63) is 0 Å². The summed E-state index contributed by atoms with van der Waals surface area (Å²) in [7, 11) is 0. The molecule has 2 heterocycles. The van der Waals surface area contributed by atoms with Crippen molar-refractivity contribution < 1.29 is 14.7 Å². The number of urea groups is 1. The number of piperidine rings is 2. The van der Waals surface area contributed by atoms with Crippen molar-refractivity contribution >= 4 is 12.0 Å². The molecule has 2 aliphatic rings. The Morgan fingerprint density at radius 1 is 1.05 bits per heavy atom. The van der Waals surface area contributed by atoms with Crippen LogP contribution in [0.1, 0.15) is 46.0 Å². The van der Waals surface area contributed by atoms with Gasteiger partial charge in [0.1, 0.15) is 0 Å². The highest BCUT2D eigenvalue weighted by Gasteiger charge is 2.35. The molecule has 3 atom stereocenters. The largest absolute Gasteiger partial charge is 0.481 e. The quantitative estimate of drug-likeness (QED) is 0.792. The Morgan fingerprint density at radius 2 is 1.68 bits per heavy atom. The predicted molar refractivity (Wildman–Crippen MR) is 71.9 cm³/mol. The maximum Gasteiger partial charge on any atom is 0.320 e. The summed E-state index contributed by atoms with van der Waals surface area (Å²) in [4.78, 5) is 27.4. The Kier molecular flexibility index (Phi) is 4.32. The van der Waals surface area contributed by atoms with E-state index >= 15 is 0 Å². The first kappa shape index (κ1) is 14.2. The van der Waals surface area contributed by atoms with Gasteiger partial charge in [-0.25, -0.2) is 4.79 Å². The Labute approximate surface area is 114 Å². The molecule has 0 bridgehead atoms. The monoisotopic (exact) mass is 268 g/mol. The lowest BCUT2D eigenvalue weighted by atomic mass is 9.96. The first-order chi connectivity index (χ1) is 9.00. The molecule has 0 spiro atoms. The number of hydrogen-bond donors (Lipinski definition) is 1. The van der Waals surface area contributed by atoms with Gasteiger partial charge in [0.25, 0.3) is 0 Å². The normalized spacial score (nSPS) is 32.2. The molecule has 2 saturated heterocycles. The number of nitrogens with zero attached hydrogens (tertiary/aromatic N) is 2. The van der Waals surface area contributed by atoms with E-state index in [0.29, 0.717) is 19.5 Å². The van der Waals surface area contributed by atoms with Gasteiger partial charge in [-0.05, 0) is 46.0 Å². The zero-order valence-electron chi connectivity index (χ0n) is 11.8. The second-order valence-electron chi connectivity index (χ2n) is 5.94. The summed E-state index contributed by atoms with van der Waals surface area (Å²) < 4.78 is 0. The predicted octanol–water partition coefficient (Wildman–Crippen LogP) is 2.17. The molecule has 2 rings (SSSR count). The van der Waals surface area contributed by atoms with E-state index in [1.54, 1.807) is 4.90 Å². The third-order valence-electron chi connectivity index (χ3n) is 4.46. The van der Waals surface area contributed by atoms with Crippen LogP contribution >= 0.6 is 0 Å². The molecule has 5 heteroatoms. The van der Waals surface area contributed by atoms with Gasteiger partial charge in [0.05, 0.1) is 5.92 Å². The van der Waals surface area contributed by atoms with E-state index in [1.807, 2.05) is 4.90 Å². The second-order valence-corrected chi connectivity index (χ2v) is 5.94. The van der Waals surface area contributed by atoms with Crippen LogP contribution in [-0.4, -0.2) is 52.1 Å². The number of amides is 2. The summed E-state index contributed by atoms with van der Waals surface area (Å²) in [5.74, 6) is -1.18. The molecule has 0 saturated carbocycles. The maximum atomic E-state index is 12.6. The maximum absolute atomic E-state index is 12.6. The number of carbonyl (C=O) groups excluding carboxylic acids is 1. The standard InChI is InChI=1S/C14H24N2O3/c1-10-5-3-6-11(2)16(10)14(19)15-8-4-7-12(9-15)13(17)18/h10-12H,3-9H2,1-2H3,(H,17,18)/t10?,11?,12-/m1/s1. The van der Waals surface area contributed by atoms with Crippen LogP contribution in [-0.2, 0) is 4.79 Å². The highest BCUT2D eigenvalue weighted by Crippen LogP contribution is 2.26. The average molecular weight is 268 g/mol. The minimum Gasteiger partial charge on any atom is -0.481 e. The van der Waals surface area contributed by atoms with Crippen LogP contribution in [0, 0.1) is 5.92 Å². The highest BCUT2D eigenvalue weighted by atomic mass is 16.4. The van der Waals surface area contributed by atoms with E-state index in [4.69, 9.17) is 5.11 Å². The fraction of sp³-hybridized carbons (Fsp3) is 0.857. The number of carboxylic acids is 1. The van der Waals surface area contributed by atoms with Crippen LogP contribution in [0.15, 0.2) is 0 Å². The third kappa shape index (κ3) is 3.01. The molecule has 2 unspecified atom stereocenters. The minimum absolute atomic E-state index is 0.0330. The number of carboxylic acid groups (broad SMARTS) is 1. The van der Waals surface area contributed by atoms with Gasteiger partial charge in [-0.3, -0.25) is 4.79 Å². The average Bonchev–Trinajstić information content (AvgIpc) is 2.38. The molecule has 0 aromatic rings. The van der Waals surface area contributed by atoms with Crippen LogP contribution in [0.3, 0.4) is 0 Å². The molecule has 19 heavy (non-hydrogen) atoms. The Balaban J connectivity index is 2.03. The van der Waals surface area contributed by atoms with Gasteiger partial charge in [0.2, 0.25) is 0 Å². The lowest BCUT2D eigenvalue weighted by molar-refractivity contribution is -0.143. The highest BCUT2D eigenvalue weighted by molar-refractivity contribution is 5.77. The van der Waals surface area contributed by atoms with Gasteiger partial charge < -0.3 is 14.9 Å². The van der Waals surface area contributed by atoms with Crippen molar-refractivity contribution in [2.75, 3.05) is 13.1 Å². The number of likely N-dealkylation sites (tertiary alicyclic amines) is 2. The SMILES string of the molecule is CC1CCCC(C)N1C(=O)N1CCC[C@@H](C(=O)O)C1. The van der Waals surface area contributed by atoms with Crippen LogP contribution in [0.2, 0.25) is 0 Å². The Hall–Kier alpha value is -1.26. The zero-order valence-corrected chi connectivity index (χ0v) is 11.8. The molecule has 0 aromatic carbocycles. The summed E-state index contributed by atoms with van der Waals surface area (Å²) in [5, 5.41) is 9.10. The molecule has 108 valence electrons. The molecular weight excluding hydrogens is 244 g/mol. The van der Waals surface area contributed by atoms with Gasteiger partial charge in [0, 0.05) is 25.2 Å². The van der Waals surface area contributed by atoms with E-state index in [0.717, 1.165) is 19.3 Å². The third-order valence-corrected chi connectivity index (χ3v) is 4.46. The number of aliphatic carboxylic acids is 1. The van der Waals surface area contributed by atoms with Crippen molar-refractivity contribution in [2.45, 2.75) is 58.0 Å². The summed E-state index contributed by atoms with van der Waals surface area (Å²) in [6.07, 6.45) is 4.74. The lowest BCUT2D eigenvalue weighted by Gasteiger charge is -2.43. The Bertz CT molecular complexity index is 349. The molecule has 0 aromatic heterocycles. The fourth-order valence-corrected chi connectivity index (χ4v) is 3.31. The summed E-state index contributed by atoms with van der Waals surface area (Å²) in [6, 6.07) is 0.563. The van der Waals surface area contributed by atoms with Gasteiger partial charge in [-0.1, -0.05) is 0 Å². The lowest BCUT2D eigenvalue weighted by Crippen LogP contribution is -2.55. The van der Waals surface area contributed by atoms with E-state index in [9.17, 15) is 9.59 Å². The van der Waals surface area contributed by atoms with Crippen molar-refractivity contribution in [1.82, 2.24) is 9.80 Å². The second kappa shape index (κ2) is 5.80. The summed E-state index contributed by atoms with van der Waals surface area (Å²) in [6.45, 7) is 5.24. The van der Waals surface area contributed by atoms with E-state index in [1.165, 1.54) is 6.42 Å². The fourth-order valence-electron chi connectivity index (χ4n) is 3.31. The van der Waals surface area contributed by atoms with E-state index in [-0.39, 0.29) is 18.1 Å². The summed E-state index contributed by atoms with van der Waals surface area (Å²) >= 11 is 0. The van der Waals surface area contributed by atoms with Crippen molar-refractivity contribution in [3.63, 3.8) is 0 Å². The van der Waals surface area contributed by atoms with Crippen molar-refractivity contribution in [2.24, 2.45) is 5.92 Å². The van der Waals surface area contributed by atoms with Crippen molar-refractivity contribution in [3.8, 4) is 0 Å². The molecule has 2 aliphatic heterocycles. The van der Waals surface area contributed by atoms with Gasteiger partial charge >= 0.3 is 12.0 Å². The van der Waals surface area contributed by atoms with Crippen LogP contribution in [0.5, 0.6) is 0 Å². The van der Waals surface area contributed by atoms with Crippen molar-refractivity contribution in [1.29, 1.82) is 0 Å². The van der Waals surface area contributed by atoms with Crippen LogP contribution in [0.4, 0.5) is 4.79 Å². The first-order valence-corrected chi connectivity index (χ1v) is 7.30. The smallest absolute Gasteiger partial charge is 0.320 e. The van der Waals surface area contributed by atoms with Crippen LogP contribution < -0.4 is 0 Å². The molecule has 2 amide bonds. The Morgan fingerprint density at radius 3 is 2.26 bits per heavy atom. The number of rotatable bonds is 1. The molecular formula is C14H24N2O3. The van der Waals surface area contributed by atoms with Gasteiger partial charge in [-0.15, -0.1) is 0 Å². The molecule has 0 aliphatic carbocycles. The minimum atomic E-state index is -0.780. The number of carbonyl (C=O) groups is 2. The van der Waals surface area contributed by atoms with Gasteiger partial charge in [-0.2, -0.15) is 0 Å². The molecule has 0 radical (unpaired) electrons. The topological polar surface area (TPSA) is 60.9 Å². The molecule has 1 N–H and O–H groups in total. The number of hydrogen-bond acceptors (Lipinski definition) is 2. The van der Waals surface area contributed by atoms with Gasteiger partial charge in [0.15, 0.2) is 0 Å². The first-order valence-electron chi connectivity index (χ1n) is 7.30. The van der Waals surface area contributed by atoms with E-state index in [2.05, 4.69) is 13.8 Å².